The van der Waals surface area contributed by atoms with Gasteiger partial charge >= 0.3 is 5.97 Å². The highest BCUT2D eigenvalue weighted by atomic mass is 19.1. The Hall–Kier alpha value is -3.53. The molecule has 3 N–H and O–H groups in total. The number of aromatic amines is 1. The lowest BCUT2D eigenvalue weighted by Crippen LogP contribution is -2.54. The van der Waals surface area contributed by atoms with E-state index in [1.807, 2.05) is 0 Å². The molecule has 1 aromatic carbocycles. The molecule has 0 saturated carbocycles. The number of hydrogen-bond acceptors (Lipinski definition) is 7. The van der Waals surface area contributed by atoms with Gasteiger partial charge in [-0.05, 0) is 31.2 Å². The Morgan fingerprint density at radius 3 is 2.90 bits per heavy atom. The van der Waals surface area contributed by atoms with Crippen molar-refractivity contribution in [3.8, 4) is 17.0 Å². The number of phenols is 1. The molecule has 10 heteroatoms. The monoisotopic (exact) mass is 427 g/mol. The maximum Gasteiger partial charge on any atom is 0.307 e. The highest BCUT2D eigenvalue weighted by Gasteiger charge is 2.31. The van der Waals surface area contributed by atoms with Crippen molar-refractivity contribution in [1.29, 1.82) is 0 Å². The van der Waals surface area contributed by atoms with Crippen LogP contribution in [0, 0.1) is 12.7 Å². The summed E-state index contributed by atoms with van der Waals surface area (Å²) in [4.78, 5) is 31.6. The number of carbonyl (C=O) groups excluding carboxylic acids is 2. The lowest BCUT2D eigenvalue weighted by Gasteiger charge is -2.36. The van der Waals surface area contributed by atoms with Crippen molar-refractivity contribution < 1.29 is 23.8 Å². The normalized spacial score (nSPS) is 16.5. The molecule has 2 aromatic heterocycles. The van der Waals surface area contributed by atoms with Crippen molar-refractivity contribution in [1.82, 2.24) is 25.4 Å². The van der Waals surface area contributed by atoms with Gasteiger partial charge < -0.3 is 20.1 Å². The van der Waals surface area contributed by atoms with E-state index in [0.29, 0.717) is 53.2 Å². The zero-order valence-corrected chi connectivity index (χ0v) is 17.1. The fourth-order valence-corrected chi connectivity index (χ4v) is 3.80. The molecule has 0 spiro atoms. The Labute approximate surface area is 177 Å². The molecule has 0 radical (unpaired) electrons. The SMILES string of the molecule is COC(=O)CC1CNCCN1C(=O)c1cc(-c2ccc(O)c(F)c2)nc2n[nH]c(C)c12. The van der Waals surface area contributed by atoms with Gasteiger partial charge in [-0.1, -0.05) is 0 Å². The third-order valence-corrected chi connectivity index (χ3v) is 5.42. The predicted octanol–water partition coefficient (Wildman–Crippen LogP) is 1.76. The third kappa shape index (κ3) is 3.93. The zero-order valence-electron chi connectivity index (χ0n) is 17.1. The van der Waals surface area contributed by atoms with Crippen molar-refractivity contribution in [2.75, 3.05) is 26.7 Å². The summed E-state index contributed by atoms with van der Waals surface area (Å²) in [5.41, 5.74) is 2.11. The van der Waals surface area contributed by atoms with Gasteiger partial charge in [0.2, 0.25) is 0 Å². The second-order valence-corrected chi connectivity index (χ2v) is 7.41. The van der Waals surface area contributed by atoms with E-state index in [1.165, 1.54) is 19.2 Å². The van der Waals surface area contributed by atoms with Crippen LogP contribution in [-0.2, 0) is 9.53 Å². The molecule has 1 unspecified atom stereocenters. The van der Waals surface area contributed by atoms with Crippen LogP contribution < -0.4 is 5.32 Å². The van der Waals surface area contributed by atoms with Gasteiger partial charge in [-0.2, -0.15) is 5.10 Å². The highest BCUT2D eigenvalue weighted by molar-refractivity contribution is 6.07. The number of piperazine rings is 1. The molecule has 1 amide bonds. The number of rotatable bonds is 4. The second-order valence-electron chi connectivity index (χ2n) is 7.41. The van der Waals surface area contributed by atoms with Crippen LogP contribution in [0.2, 0.25) is 0 Å². The van der Waals surface area contributed by atoms with Crippen LogP contribution in [0.4, 0.5) is 4.39 Å². The first-order valence-corrected chi connectivity index (χ1v) is 9.82. The zero-order chi connectivity index (χ0) is 22.1. The van der Waals surface area contributed by atoms with Gasteiger partial charge in [0.25, 0.3) is 5.91 Å². The van der Waals surface area contributed by atoms with Crippen LogP contribution in [0.3, 0.4) is 0 Å². The number of pyridine rings is 1. The predicted molar refractivity (Wildman–Crippen MR) is 110 cm³/mol. The molecule has 4 rings (SSSR count). The Morgan fingerprint density at radius 2 is 2.16 bits per heavy atom. The number of nitrogens with one attached hydrogen (secondary N) is 2. The van der Waals surface area contributed by atoms with Crippen molar-refractivity contribution in [2.45, 2.75) is 19.4 Å². The molecule has 1 atom stereocenters. The molecule has 1 aliphatic rings. The smallest absolute Gasteiger partial charge is 0.307 e. The molecule has 0 bridgehead atoms. The molecule has 1 fully saturated rings. The van der Waals surface area contributed by atoms with Crippen LogP contribution in [0.25, 0.3) is 22.3 Å². The maximum atomic E-state index is 13.9. The number of aromatic hydroxyl groups is 1. The molecule has 1 aliphatic heterocycles. The highest BCUT2D eigenvalue weighted by Crippen LogP contribution is 2.29. The third-order valence-electron chi connectivity index (χ3n) is 5.42. The number of halogens is 1. The minimum absolute atomic E-state index is 0.0733. The molecule has 9 nitrogen and oxygen atoms in total. The molecule has 1 saturated heterocycles. The van der Waals surface area contributed by atoms with Gasteiger partial charge in [0.15, 0.2) is 17.2 Å². The quantitative estimate of drug-likeness (QED) is 0.543. The first-order valence-electron chi connectivity index (χ1n) is 9.82. The van der Waals surface area contributed by atoms with Crippen molar-refractivity contribution in [3.63, 3.8) is 0 Å². The average Bonchev–Trinajstić information content (AvgIpc) is 3.15. The number of phenolic OH excluding ortho intramolecular Hbond substituents is 1. The van der Waals surface area contributed by atoms with Crippen LogP contribution in [-0.4, -0.2) is 69.9 Å². The largest absolute Gasteiger partial charge is 0.505 e. The number of H-pyrrole nitrogens is 1. The fourth-order valence-electron chi connectivity index (χ4n) is 3.80. The number of methoxy groups -OCH3 is 1. The first kappa shape index (κ1) is 20.7. The van der Waals surface area contributed by atoms with Crippen molar-refractivity contribution in [2.24, 2.45) is 0 Å². The molecule has 0 aliphatic carbocycles. The number of carbonyl (C=O) groups is 2. The standard InChI is InChI=1S/C21H22FN5O4/c1-11-19-14(21(30)27-6-5-23-10-13(27)8-18(29)31-2)9-16(24-20(19)26-25-11)12-3-4-17(28)15(22)7-12/h3-4,7,9,13,23,28H,5-6,8,10H2,1-2H3,(H,24,25,26). The first-order chi connectivity index (χ1) is 14.9. The molecular formula is C21H22FN5O4. The summed E-state index contributed by atoms with van der Waals surface area (Å²) < 4.78 is 18.7. The van der Waals surface area contributed by atoms with Gasteiger partial charge in [-0.15, -0.1) is 0 Å². The van der Waals surface area contributed by atoms with E-state index in [-0.39, 0.29) is 18.4 Å². The maximum absolute atomic E-state index is 13.9. The number of amides is 1. The lowest BCUT2D eigenvalue weighted by molar-refractivity contribution is -0.141. The van der Waals surface area contributed by atoms with Crippen LogP contribution >= 0.6 is 0 Å². The second kappa shape index (κ2) is 8.31. The van der Waals surface area contributed by atoms with Gasteiger partial charge in [0.05, 0.1) is 36.2 Å². The minimum Gasteiger partial charge on any atom is -0.505 e. The number of aryl methyl sites for hydroxylation is 1. The summed E-state index contributed by atoms with van der Waals surface area (Å²) in [6.45, 7) is 3.27. The topological polar surface area (TPSA) is 120 Å². The number of esters is 1. The summed E-state index contributed by atoms with van der Waals surface area (Å²) in [5, 5.41) is 20.3. The Kier molecular flexibility index (Phi) is 5.55. The summed E-state index contributed by atoms with van der Waals surface area (Å²) in [6.07, 6.45) is 0.0733. The fraction of sp³-hybridized carbons (Fsp3) is 0.333. The Balaban J connectivity index is 1.79. The van der Waals surface area contributed by atoms with E-state index >= 15 is 0 Å². The number of hydrogen-bond donors (Lipinski definition) is 3. The van der Waals surface area contributed by atoms with Gasteiger partial charge in [0.1, 0.15) is 0 Å². The number of fused-ring (bicyclic) bond motifs is 1. The molecule has 3 aromatic rings. The number of aromatic nitrogens is 3. The molecule has 162 valence electrons. The molecule has 31 heavy (non-hydrogen) atoms. The van der Waals surface area contributed by atoms with E-state index < -0.39 is 17.5 Å². The Bertz CT molecular complexity index is 1160. The summed E-state index contributed by atoms with van der Waals surface area (Å²) >= 11 is 0. The van der Waals surface area contributed by atoms with Crippen LogP contribution in [0.5, 0.6) is 5.75 Å². The number of nitrogens with zero attached hydrogens (tertiary/aromatic N) is 3. The van der Waals surface area contributed by atoms with Gasteiger partial charge in [-0.25, -0.2) is 9.37 Å². The number of ether oxygens (including phenoxy) is 1. The van der Waals surface area contributed by atoms with Crippen molar-refractivity contribution >= 4 is 22.9 Å². The average molecular weight is 427 g/mol. The molecule has 3 heterocycles. The van der Waals surface area contributed by atoms with E-state index in [9.17, 15) is 19.1 Å². The van der Waals surface area contributed by atoms with Crippen LogP contribution in [0.15, 0.2) is 24.3 Å². The Morgan fingerprint density at radius 1 is 1.35 bits per heavy atom. The lowest BCUT2D eigenvalue weighted by atomic mass is 10.0. The van der Waals surface area contributed by atoms with Crippen molar-refractivity contribution in [3.05, 3.63) is 41.3 Å². The summed E-state index contributed by atoms with van der Waals surface area (Å²) in [7, 11) is 1.31. The van der Waals surface area contributed by atoms with E-state index in [4.69, 9.17) is 4.74 Å². The van der Waals surface area contributed by atoms with Crippen LogP contribution in [0.1, 0.15) is 22.5 Å². The number of benzene rings is 1. The minimum atomic E-state index is -0.786. The van der Waals surface area contributed by atoms with Gasteiger partial charge in [-0.3, -0.25) is 14.7 Å². The summed E-state index contributed by atoms with van der Waals surface area (Å²) in [6, 6.07) is 5.14. The van der Waals surface area contributed by atoms with Gasteiger partial charge in [0, 0.05) is 30.9 Å². The van der Waals surface area contributed by atoms with E-state index in [0.717, 1.165) is 6.07 Å². The van der Waals surface area contributed by atoms with E-state index in [1.54, 1.807) is 17.9 Å². The summed E-state index contributed by atoms with van der Waals surface area (Å²) in [5.74, 6) is -1.92. The molecular weight excluding hydrogens is 405 g/mol. The van der Waals surface area contributed by atoms with E-state index in [2.05, 4.69) is 20.5 Å².